The van der Waals surface area contributed by atoms with E-state index in [1.807, 2.05) is 54.3 Å². The Labute approximate surface area is 177 Å². The molecule has 0 radical (unpaired) electrons. The highest BCUT2D eigenvalue weighted by molar-refractivity contribution is 7.90. The van der Waals surface area contributed by atoms with Gasteiger partial charge in [0.25, 0.3) is 10.0 Å². The molecule has 3 aromatic carbocycles. The summed E-state index contributed by atoms with van der Waals surface area (Å²) in [4.78, 5) is 2.20. The van der Waals surface area contributed by atoms with Gasteiger partial charge in [-0.2, -0.15) is 8.42 Å². The molecule has 1 heterocycles. The van der Waals surface area contributed by atoms with Crippen LogP contribution >= 0.6 is 0 Å². The molecule has 0 spiro atoms. The summed E-state index contributed by atoms with van der Waals surface area (Å²) in [6.45, 7) is 3.75. The first-order chi connectivity index (χ1) is 14.6. The minimum Gasteiger partial charge on any atom is -0.494 e. The van der Waals surface area contributed by atoms with E-state index in [9.17, 15) is 8.42 Å². The van der Waals surface area contributed by atoms with Crippen LogP contribution in [0.4, 0.5) is 0 Å². The van der Waals surface area contributed by atoms with Gasteiger partial charge in [-0.05, 0) is 48.7 Å². The van der Waals surface area contributed by atoms with Crippen LogP contribution in [0.1, 0.15) is 23.6 Å². The Morgan fingerprint density at radius 3 is 2.30 bits per heavy atom. The van der Waals surface area contributed by atoms with Gasteiger partial charge in [0.1, 0.15) is 11.6 Å². The van der Waals surface area contributed by atoms with Crippen LogP contribution in [-0.2, 0) is 23.0 Å². The highest BCUT2D eigenvalue weighted by atomic mass is 32.2. The van der Waals surface area contributed by atoms with Crippen LogP contribution in [-0.4, -0.2) is 32.3 Å². The molecule has 0 N–H and O–H groups in total. The monoisotopic (exact) mass is 420 g/mol. The predicted octanol–water partition coefficient (Wildman–Crippen LogP) is 4.28. The van der Waals surface area contributed by atoms with Gasteiger partial charge in [-0.3, -0.25) is 0 Å². The van der Waals surface area contributed by atoms with Crippen molar-refractivity contribution in [3.05, 3.63) is 95.6 Å². The van der Waals surface area contributed by atoms with Crippen molar-refractivity contribution in [2.45, 2.75) is 24.8 Å². The summed E-state index contributed by atoms with van der Waals surface area (Å²) in [5, 5.41) is 0. The van der Waals surface area contributed by atoms with E-state index in [2.05, 4.69) is 16.5 Å². The molecular formula is C24H24N2O3S. The summed E-state index contributed by atoms with van der Waals surface area (Å²) >= 11 is 0. The van der Waals surface area contributed by atoms with Crippen molar-refractivity contribution in [2.75, 3.05) is 13.2 Å². The van der Waals surface area contributed by atoms with Crippen molar-refractivity contribution < 1.29 is 13.2 Å². The van der Waals surface area contributed by atoms with Crippen molar-refractivity contribution in [1.29, 1.82) is 0 Å². The maximum atomic E-state index is 13.1. The number of nitrogens with zero attached hydrogens (tertiary/aromatic N) is 2. The summed E-state index contributed by atoms with van der Waals surface area (Å²) in [6, 6.07) is 24.2. The summed E-state index contributed by atoms with van der Waals surface area (Å²) in [5.41, 5.74) is 3.28. The third-order valence-corrected chi connectivity index (χ3v) is 6.38. The number of rotatable bonds is 5. The topological polar surface area (TPSA) is 59.0 Å². The van der Waals surface area contributed by atoms with Gasteiger partial charge in [-0.1, -0.05) is 54.6 Å². The van der Waals surface area contributed by atoms with Crippen molar-refractivity contribution >= 4 is 15.9 Å². The molecule has 0 saturated carbocycles. The first-order valence-electron chi connectivity index (χ1n) is 10.0. The fourth-order valence-electron chi connectivity index (χ4n) is 3.60. The Kier molecular flexibility index (Phi) is 5.86. The Morgan fingerprint density at radius 1 is 0.933 bits per heavy atom. The van der Waals surface area contributed by atoms with Crippen LogP contribution in [0, 0.1) is 0 Å². The molecule has 0 fully saturated rings. The highest BCUT2D eigenvalue weighted by Crippen LogP contribution is 2.23. The van der Waals surface area contributed by atoms with Gasteiger partial charge in [-0.15, -0.1) is 4.40 Å². The molecule has 0 aliphatic carbocycles. The van der Waals surface area contributed by atoms with E-state index in [0.717, 1.165) is 12.0 Å². The average molecular weight is 421 g/mol. The smallest absolute Gasteiger partial charge is 0.284 e. The molecule has 1 aliphatic heterocycles. The molecule has 6 heteroatoms. The standard InChI is InChI=1S/C24H24N2O3S/c1-2-29-22-12-14-23(15-13-22)30(27,28)25-24(20-9-4-3-5-10-20)26-17-16-19-8-6-7-11-21(19)18-26/h3-15H,2,16-18H2,1H3. The number of hydrogen-bond acceptors (Lipinski definition) is 3. The minimum absolute atomic E-state index is 0.150. The quantitative estimate of drug-likeness (QED) is 0.457. The third kappa shape index (κ3) is 4.39. The van der Waals surface area contributed by atoms with Gasteiger partial charge in [0.15, 0.2) is 0 Å². The number of amidine groups is 1. The molecule has 30 heavy (non-hydrogen) atoms. The second-order valence-electron chi connectivity index (χ2n) is 7.10. The van der Waals surface area contributed by atoms with Crippen LogP contribution < -0.4 is 4.74 Å². The molecule has 5 nitrogen and oxygen atoms in total. The second-order valence-corrected chi connectivity index (χ2v) is 8.70. The number of fused-ring (bicyclic) bond motifs is 1. The Morgan fingerprint density at radius 2 is 1.60 bits per heavy atom. The maximum absolute atomic E-state index is 13.1. The first kappa shape index (κ1) is 20.2. The Bertz CT molecular complexity index is 1140. The number of benzene rings is 3. The number of ether oxygens (including phenoxy) is 1. The van der Waals surface area contributed by atoms with E-state index >= 15 is 0 Å². The summed E-state index contributed by atoms with van der Waals surface area (Å²) in [6.07, 6.45) is 0.852. The van der Waals surface area contributed by atoms with E-state index in [4.69, 9.17) is 4.74 Å². The molecule has 3 aromatic rings. The van der Waals surface area contributed by atoms with Crippen molar-refractivity contribution in [1.82, 2.24) is 4.90 Å². The molecule has 0 aromatic heterocycles. The lowest BCUT2D eigenvalue weighted by Crippen LogP contribution is -2.37. The fraction of sp³-hybridized carbons (Fsp3) is 0.208. The van der Waals surface area contributed by atoms with Crippen molar-refractivity contribution in [3.8, 4) is 5.75 Å². The molecule has 0 amide bonds. The van der Waals surface area contributed by atoms with Gasteiger partial charge < -0.3 is 9.64 Å². The largest absolute Gasteiger partial charge is 0.494 e. The van der Waals surface area contributed by atoms with Crippen LogP contribution in [0.5, 0.6) is 5.75 Å². The lowest BCUT2D eigenvalue weighted by atomic mass is 9.99. The summed E-state index contributed by atoms with van der Waals surface area (Å²) in [7, 11) is -3.88. The predicted molar refractivity (Wildman–Crippen MR) is 118 cm³/mol. The van der Waals surface area contributed by atoms with Crippen molar-refractivity contribution in [3.63, 3.8) is 0 Å². The number of hydrogen-bond donors (Lipinski definition) is 0. The molecule has 0 atom stereocenters. The van der Waals surface area contributed by atoms with E-state index < -0.39 is 10.0 Å². The van der Waals surface area contributed by atoms with Crippen LogP contribution in [0.15, 0.2) is 88.2 Å². The second kappa shape index (κ2) is 8.71. The average Bonchev–Trinajstić information content (AvgIpc) is 2.78. The van der Waals surface area contributed by atoms with Crippen LogP contribution in [0.3, 0.4) is 0 Å². The van der Waals surface area contributed by atoms with Gasteiger partial charge in [0.05, 0.1) is 11.5 Å². The lowest BCUT2D eigenvalue weighted by molar-refractivity contribution is 0.340. The van der Waals surface area contributed by atoms with Gasteiger partial charge in [0.2, 0.25) is 0 Å². The Balaban J connectivity index is 1.72. The number of sulfonamides is 1. The van der Waals surface area contributed by atoms with Crippen LogP contribution in [0.25, 0.3) is 0 Å². The van der Waals surface area contributed by atoms with E-state index in [-0.39, 0.29) is 4.90 Å². The fourth-order valence-corrected chi connectivity index (χ4v) is 4.63. The summed E-state index contributed by atoms with van der Waals surface area (Å²) < 4.78 is 35.9. The highest BCUT2D eigenvalue weighted by Gasteiger charge is 2.23. The van der Waals surface area contributed by atoms with Gasteiger partial charge in [-0.25, -0.2) is 0 Å². The SMILES string of the molecule is CCOc1ccc(S(=O)(=O)N=C(c2ccccc2)N2CCc3ccccc3C2)cc1. The van der Waals surface area contributed by atoms with E-state index in [0.29, 0.717) is 31.3 Å². The van der Waals surface area contributed by atoms with Crippen LogP contribution in [0.2, 0.25) is 0 Å². The Hall–Kier alpha value is -3.12. The molecule has 0 bridgehead atoms. The molecule has 4 rings (SSSR count). The minimum atomic E-state index is -3.88. The molecule has 0 unspecified atom stereocenters. The molecule has 154 valence electrons. The molecule has 1 aliphatic rings. The maximum Gasteiger partial charge on any atom is 0.284 e. The molecule has 0 saturated heterocycles. The zero-order valence-electron chi connectivity index (χ0n) is 16.9. The normalized spacial score (nSPS) is 14.3. The third-order valence-electron chi connectivity index (χ3n) is 5.10. The van der Waals surface area contributed by atoms with E-state index in [1.54, 1.807) is 12.1 Å². The zero-order valence-corrected chi connectivity index (χ0v) is 17.7. The van der Waals surface area contributed by atoms with Gasteiger partial charge >= 0.3 is 0 Å². The zero-order chi connectivity index (χ0) is 21.0. The summed E-state index contributed by atoms with van der Waals surface area (Å²) in [5.74, 6) is 1.11. The first-order valence-corrected chi connectivity index (χ1v) is 11.5. The van der Waals surface area contributed by atoms with Crippen molar-refractivity contribution in [2.24, 2.45) is 4.40 Å². The molecular weight excluding hydrogens is 396 g/mol. The van der Waals surface area contributed by atoms with Gasteiger partial charge in [0, 0.05) is 18.7 Å². The lowest BCUT2D eigenvalue weighted by Gasteiger charge is -2.31. The van der Waals surface area contributed by atoms with E-state index in [1.165, 1.54) is 23.3 Å².